The van der Waals surface area contributed by atoms with Crippen LogP contribution in [-0.4, -0.2) is 13.4 Å². The van der Waals surface area contributed by atoms with Gasteiger partial charge < -0.3 is 4.98 Å². The molecule has 9 heteroatoms. The first-order chi connectivity index (χ1) is 9.60. The SMILES string of the molecule is O=S(=O)(Cl)c1cccc(C(F)(F)F)c1.O=c1cccc[nH]1. The van der Waals surface area contributed by atoms with Crippen LogP contribution in [0.5, 0.6) is 0 Å². The van der Waals surface area contributed by atoms with Crippen molar-refractivity contribution in [3.63, 3.8) is 0 Å². The molecule has 2 rings (SSSR count). The topological polar surface area (TPSA) is 67.0 Å². The molecule has 0 spiro atoms. The number of alkyl halides is 3. The summed E-state index contributed by atoms with van der Waals surface area (Å²) in [5.41, 5.74) is -1.10. The maximum Gasteiger partial charge on any atom is 0.416 e. The Morgan fingerprint density at radius 2 is 1.71 bits per heavy atom. The van der Waals surface area contributed by atoms with Crippen molar-refractivity contribution in [1.29, 1.82) is 0 Å². The van der Waals surface area contributed by atoms with Crippen LogP contribution in [0.25, 0.3) is 0 Å². The summed E-state index contributed by atoms with van der Waals surface area (Å²) in [6.07, 6.45) is -2.97. The van der Waals surface area contributed by atoms with E-state index in [-0.39, 0.29) is 5.56 Å². The quantitative estimate of drug-likeness (QED) is 0.812. The molecule has 0 fully saturated rings. The summed E-state index contributed by atoms with van der Waals surface area (Å²) in [5.74, 6) is 0. The van der Waals surface area contributed by atoms with Crippen molar-refractivity contribution < 1.29 is 21.6 Å². The van der Waals surface area contributed by atoms with Gasteiger partial charge in [0.15, 0.2) is 0 Å². The third-order valence-corrected chi connectivity index (χ3v) is 3.47. The molecule has 0 saturated carbocycles. The van der Waals surface area contributed by atoms with Crippen LogP contribution in [0, 0.1) is 0 Å². The Bertz CT molecular complexity index is 739. The Kier molecular flexibility index (Phi) is 5.56. The molecular formula is C12H9ClF3NO3S. The first-order valence-electron chi connectivity index (χ1n) is 5.36. The van der Waals surface area contributed by atoms with Crippen LogP contribution >= 0.6 is 10.7 Å². The Morgan fingerprint density at radius 1 is 1.05 bits per heavy atom. The lowest BCUT2D eigenvalue weighted by Gasteiger charge is -2.06. The van der Waals surface area contributed by atoms with E-state index in [0.717, 1.165) is 18.2 Å². The zero-order valence-electron chi connectivity index (χ0n) is 10.3. The van der Waals surface area contributed by atoms with Crippen LogP contribution in [0.4, 0.5) is 13.2 Å². The first kappa shape index (κ1) is 17.3. The summed E-state index contributed by atoms with van der Waals surface area (Å²) in [6.45, 7) is 0. The zero-order valence-corrected chi connectivity index (χ0v) is 11.8. The largest absolute Gasteiger partial charge is 0.416 e. The molecule has 0 radical (unpaired) electrons. The fraction of sp³-hybridized carbons (Fsp3) is 0.0833. The number of hydrogen-bond donors (Lipinski definition) is 1. The molecule has 0 atom stereocenters. The van der Waals surface area contributed by atoms with E-state index in [9.17, 15) is 26.4 Å². The lowest BCUT2D eigenvalue weighted by Crippen LogP contribution is -2.05. The van der Waals surface area contributed by atoms with Gasteiger partial charge in [-0.05, 0) is 24.3 Å². The molecule has 0 saturated heterocycles. The summed E-state index contributed by atoms with van der Waals surface area (Å²) in [7, 11) is 0.772. The Balaban J connectivity index is 0.000000262. The molecule has 2 aromatic rings. The molecular weight excluding hydrogens is 331 g/mol. The monoisotopic (exact) mass is 339 g/mol. The first-order valence-corrected chi connectivity index (χ1v) is 7.67. The van der Waals surface area contributed by atoms with Crippen LogP contribution in [0.15, 0.2) is 58.4 Å². The maximum atomic E-state index is 12.1. The Morgan fingerprint density at radius 3 is 2.10 bits per heavy atom. The highest BCUT2D eigenvalue weighted by Crippen LogP contribution is 2.30. The van der Waals surface area contributed by atoms with Crippen LogP contribution in [-0.2, 0) is 15.2 Å². The van der Waals surface area contributed by atoms with Gasteiger partial charge in [0.1, 0.15) is 0 Å². The Labute approximate surface area is 122 Å². The third-order valence-electron chi connectivity index (χ3n) is 2.12. The van der Waals surface area contributed by atoms with Gasteiger partial charge in [-0.15, -0.1) is 0 Å². The molecule has 0 aliphatic heterocycles. The lowest BCUT2D eigenvalue weighted by atomic mass is 10.2. The number of benzene rings is 1. The van der Waals surface area contributed by atoms with Gasteiger partial charge in [-0.1, -0.05) is 12.1 Å². The van der Waals surface area contributed by atoms with E-state index in [0.29, 0.717) is 6.07 Å². The predicted molar refractivity (Wildman–Crippen MR) is 71.5 cm³/mol. The minimum absolute atomic E-state index is 0.0532. The van der Waals surface area contributed by atoms with Crippen molar-refractivity contribution in [2.24, 2.45) is 0 Å². The molecule has 1 heterocycles. The highest BCUT2D eigenvalue weighted by atomic mass is 35.7. The van der Waals surface area contributed by atoms with Crippen LogP contribution in [0.1, 0.15) is 5.56 Å². The van der Waals surface area contributed by atoms with Gasteiger partial charge in [0.25, 0.3) is 9.05 Å². The average Bonchev–Trinajstić information content (AvgIpc) is 2.38. The van der Waals surface area contributed by atoms with Crippen LogP contribution in [0.2, 0.25) is 0 Å². The fourth-order valence-electron chi connectivity index (χ4n) is 1.20. The number of pyridine rings is 1. The minimum atomic E-state index is -4.57. The van der Waals surface area contributed by atoms with Gasteiger partial charge in [-0.2, -0.15) is 13.2 Å². The van der Waals surface area contributed by atoms with E-state index in [1.165, 1.54) is 6.07 Å². The zero-order chi connectivity index (χ0) is 16.1. The number of rotatable bonds is 1. The second-order valence-electron chi connectivity index (χ2n) is 3.69. The average molecular weight is 340 g/mol. The number of nitrogens with one attached hydrogen (secondary N) is 1. The van der Waals surface area contributed by atoms with E-state index < -0.39 is 25.7 Å². The molecule has 114 valence electrons. The summed E-state index contributed by atoms with van der Waals surface area (Å²) >= 11 is 0. The normalized spacial score (nSPS) is 11.4. The Hall–Kier alpha value is -1.80. The molecule has 21 heavy (non-hydrogen) atoms. The van der Waals surface area contributed by atoms with Crippen LogP contribution in [0.3, 0.4) is 0 Å². The van der Waals surface area contributed by atoms with E-state index in [1.807, 2.05) is 0 Å². The van der Waals surface area contributed by atoms with Crippen molar-refractivity contribution in [3.05, 3.63) is 64.6 Å². The maximum absolute atomic E-state index is 12.1. The van der Waals surface area contributed by atoms with Gasteiger partial charge in [-0.25, -0.2) is 8.42 Å². The van der Waals surface area contributed by atoms with Crippen molar-refractivity contribution in [2.45, 2.75) is 11.1 Å². The van der Waals surface area contributed by atoms with Gasteiger partial charge in [-0.3, -0.25) is 4.79 Å². The number of H-pyrrole nitrogens is 1. The molecule has 0 amide bonds. The number of halogens is 4. The van der Waals surface area contributed by atoms with Crippen LogP contribution < -0.4 is 5.56 Å². The summed E-state index contributed by atoms with van der Waals surface area (Å²) in [4.78, 5) is 12.1. The van der Waals surface area contributed by atoms with Crippen molar-refractivity contribution in [3.8, 4) is 0 Å². The van der Waals surface area contributed by atoms with Crippen molar-refractivity contribution >= 4 is 19.7 Å². The molecule has 1 N–H and O–H groups in total. The van der Waals surface area contributed by atoms with E-state index in [4.69, 9.17) is 10.7 Å². The molecule has 0 aliphatic rings. The molecule has 0 unspecified atom stereocenters. The predicted octanol–water partition coefficient (Wildman–Crippen LogP) is 3.01. The van der Waals surface area contributed by atoms with Gasteiger partial charge in [0.05, 0.1) is 10.5 Å². The standard InChI is InChI=1S/C7H4ClF3O2S.C5H5NO/c8-14(12,13)6-3-1-2-5(4-6)7(9,10)11;7-5-3-1-2-4-6-5/h1-4H;1-4H,(H,6,7). The summed E-state index contributed by atoms with van der Waals surface area (Å²) < 4.78 is 57.8. The molecule has 1 aromatic carbocycles. The summed E-state index contributed by atoms with van der Waals surface area (Å²) in [5, 5.41) is 0. The van der Waals surface area contributed by atoms with Crippen molar-refractivity contribution in [1.82, 2.24) is 4.98 Å². The van der Waals surface area contributed by atoms with Gasteiger partial charge in [0.2, 0.25) is 5.56 Å². The second kappa shape index (κ2) is 6.77. The molecule has 1 aromatic heterocycles. The smallest absolute Gasteiger partial charge is 0.329 e. The van der Waals surface area contributed by atoms with E-state index in [2.05, 4.69) is 4.98 Å². The van der Waals surface area contributed by atoms with E-state index in [1.54, 1.807) is 18.3 Å². The van der Waals surface area contributed by atoms with Crippen molar-refractivity contribution in [2.75, 3.05) is 0 Å². The van der Waals surface area contributed by atoms with E-state index >= 15 is 0 Å². The highest BCUT2D eigenvalue weighted by molar-refractivity contribution is 8.13. The summed E-state index contributed by atoms with van der Waals surface area (Å²) in [6, 6.07) is 8.17. The molecule has 0 aliphatic carbocycles. The molecule has 0 bridgehead atoms. The van der Waals surface area contributed by atoms with Gasteiger partial charge in [0, 0.05) is 22.9 Å². The minimum Gasteiger partial charge on any atom is -0.329 e. The third kappa shape index (κ3) is 6.01. The number of hydrogen-bond acceptors (Lipinski definition) is 3. The number of aromatic amines is 1. The highest BCUT2D eigenvalue weighted by Gasteiger charge is 2.31. The second-order valence-corrected chi connectivity index (χ2v) is 6.26. The van der Waals surface area contributed by atoms with Gasteiger partial charge >= 0.3 is 6.18 Å². The lowest BCUT2D eigenvalue weighted by molar-refractivity contribution is -0.137. The molecule has 4 nitrogen and oxygen atoms in total. The fourth-order valence-corrected chi connectivity index (χ4v) is 2.00. The number of aromatic nitrogens is 1.